The van der Waals surface area contributed by atoms with E-state index in [1.807, 2.05) is 15.9 Å². The molecule has 8 nitrogen and oxygen atoms in total. The van der Waals surface area contributed by atoms with Crippen molar-refractivity contribution >= 4 is 35.0 Å². The quantitative estimate of drug-likeness (QED) is 0.214. The van der Waals surface area contributed by atoms with E-state index in [0.29, 0.717) is 48.4 Å². The lowest BCUT2D eigenvalue weighted by Gasteiger charge is -2.48. The number of unbranched alkanes of at least 4 members (excludes halogenated alkanes) is 1. The molecule has 0 bridgehead atoms. The van der Waals surface area contributed by atoms with E-state index in [4.69, 9.17) is 40.4 Å². The van der Waals surface area contributed by atoms with Crippen LogP contribution in [0, 0.1) is 19.8 Å². The minimum Gasteiger partial charge on any atom is -0.335 e. The van der Waals surface area contributed by atoms with Crippen LogP contribution >= 0.6 is 23.2 Å². The van der Waals surface area contributed by atoms with E-state index < -0.39 is 12.1 Å². The van der Waals surface area contributed by atoms with Gasteiger partial charge in [0.15, 0.2) is 0 Å². The predicted octanol–water partition coefficient (Wildman–Crippen LogP) is 4.22. The van der Waals surface area contributed by atoms with Gasteiger partial charge < -0.3 is 32.3 Å². The van der Waals surface area contributed by atoms with Crippen LogP contribution in [-0.4, -0.2) is 78.5 Å². The molecule has 0 aromatic heterocycles. The summed E-state index contributed by atoms with van der Waals surface area (Å²) in [6, 6.07) is 9.75. The highest BCUT2D eigenvalue weighted by atomic mass is 35.5. The second-order valence-electron chi connectivity index (χ2n) is 12.7. The van der Waals surface area contributed by atoms with Crippen LogP contribution in [0.1, 0.15) is 61.8 Å². The summed E-state index contributed by atoms with van der Waals surface area (Å²) in [4.78, 5) is 31.9. The number of hydrogen-bond donors (Lipinski definition) is 4. The molecule has 1 aliphatic heterocycles. The third kappa shape index (κ3) is 10.4. The molecule has 3 rings (SSSR count). The lowest BCUT2D eigenvalue weighted by atomic mass is 9.92. The van der Waals surface area contributed by atoms with Crippen LogP contribution in [0.25, 0.3) is 0 Å². The smallest absolute Gasteiger partial charge is 0.240 e. The van der Waals surface area contributed by atoms with Gasteiger partial charge in [-0.1, -0.05) is 73.3 Å². The van der Waals surface area contributed by atoms with Gasteiger partial charge in [0.2, 0.25) is 11.8 Å². The summed E-state index contributed by atoms with van der Waals surface area (Å²) in [6.07, 6.45) is 4.16. The molecule has 7 N–H and O–H groups in total. The van der Waals surface area contributed by atoms with Crippen molar-refractivity contribution in [3.63, 3.8) is 0 Å². The Balaban J connectivity index is 1.82. The Morgan fingerprint density at radius 1 is 0.886 bits per heavy atom. The van der Waals surface area contributed by atoms with Gasteiger partial charge in [-0.3, -0.25) is 9.59 Å². The normalized spacial score (nSPS) is 18.5. The molecule has 0 unspecified atom stereocenters. The van der Waals surface area contributed by atoms with E-state index in [-0.39, 0.29) is 23.9 Å². The third-order valence-electron chi connectivity index (χ3n) is 8.50. The average molecular weight is 648 g/mol. The summed E-state index contributed by atoms with van der Waals surface area (Å²) in [6.45, 7) is 11.5. The van der Waals surface area contributed by atoms with E-state index in [1.54, 1.807) is 12.1 Å². The second kappa shape index (κ2) is 17.5. The number of benzene rings is 2. The second-order valence-corrected chi connectivity index (χ2v) is 13.6. The number of piperazine rings is 1. The molecule has 1 heterocycles. The minimum absolute atomic E-state index is 0.0608. The van der Waals surface area contributed by atoms with Crippen molar-refractivity contribution in [3.05, 3.63) is 68.7 Å². The van der Waals surface area contributed by atoms with Crippen LogP contribution in [0.5, 0.6) is 0 Å². The summed E-state index contributed by atoms with van der Waals surface area (Å²) in [5.41, 5.74) is 23.0. The van der Waals surface area contributed by atoms with Crippen molar-refractivity contribution in [2.75, 3.05) is 32.7 Å². The predicted molar refractivity (Wildman–Crippen MR) is 182 cm³/mol. The van der Waals surface area contributed by atoms with E-state index in [2.05, 4.69) is 51.2 Å². The minimum atomic E-state index is -0.765. The van der Waals surface area contributed by atoms with Crippen LogP contribution in [0.2, 0.25) is 10.0 Å². The number of hydrogen-bond acceptors (Lipinski definition) is 6. The number of nitrogens with two attached hydrogens (primary N) is 3. The number of halogens is 2. The number of carbonyl (C=O) groups is 2. The Bertz CT molecular complexity index is 1240. The summed E-state index contributed by atoms with van der Waals surface area (Å²) in [5, 5.41) is 4.37. The monoisotopic (exact) mass is 646 g/mol. The summed E-state index contributed by atoms with van der Waals surface area (Å²) in [7, 11) is 0. The molecule has 2 aromatic rings. The van der Waals surface area contributed by atoms with Gasteiger partial charge in [0.05, 0.1) is 12.1 Å². The fourth-order valence-corrected chi connectivity index (χ4v) is 6.66. The lowest BCUT2D eigenvalue weighted by Crippen LogP contribution is -2.65. The fourth-order valence-electron chi connectivity index (χ4n) is 6.18. The zero-order valence-corrected chi connectivity index (χ0v) is 28.3. The first-order valence-corrected chi connectivity index (χ1v) is 16.7. The molecule has 0 saturated carbocycles. The molecule has 2 aromatic carbocycles. The maximum absolute atomic E-state index is 14.0. The Morgan fingerprint density at radius 3 is 2.11 bits per heavy atom. The molecule has 0 spiro atoms. The van der Waals surface area contributed by atoms with Gasteiger partial charge in [-0.2, -0.15) is 0 Å². The van der Waals surface area contributed by atoms with Crippen LogP contribution in [0.15, 0.2) is 36.4 Å². The Morgan fingerprint density at radius 2 is 1.50 bits per heavy atom. The van der Waals surface area contributed by atoms with Crippen molar-refractivity contribution in [2.24, 2.45) is 23.1 Å². The maximum atomic E-state index is 14.0. The van der Waals surface area contributed by atoms with Crippen molar-refractivity contribution < 1.29 is 9.59 Å². The number of nitrogens with one attached hydrogen (secondary N) is 1. The van der Waals surface area contributed by atoms with Crippen molar-refractivity contribution in [2.45, 2.75) is 90.4 Å². The molecule has 2 amide bonds. The van der Waals surface area contributed by atoms with E-state index in [0.717, 1.165) is 55.5 Å². The van der Waals surface area contributed by atoms with Crippen molar-refractivity contribution in [3.8, 4) is 0 Å². The molecule has 10 heteroatoms. The standard InChI is InChI=1S/C34H52Cl2N6O2/c1-22(2)15-29-21-41(33(43)31(38)17-25-9-8-23(3)16-24(25)4)28(7-5-6-13-40-14-12-37)20-42(29)34(44)32(39)18-26-10-11-27(35)19-30(26)36/h8-11,16,19,22,28-29,31-32,40H,5-7,12-15,17-18,20-21,37-39H2,1-4H3/t28-,29+,31-,32+/m0/s1. The molecule has 4 atom stereocenters. The Hall–Kier alpha value is -2.20. The van der Waals surface area contributed by atoms with Gasteiger partial charge in [-0.05, 0) is 87.2 Å². The molecular formula is C34H52Cl2N6O2. The number of amides is 2. The lowest BCUT2D eigenvalue weighted by molar-refractivity contribution is -0.149. The number of carbonyl (C=O) groups excluding carboxylic acids is 2. The summed E-state index contributed by atoms with van der Waals surface area (Å²) >= 11 is 12.5. The van der Waals surface area contributed by atoms with Gasteiger partial charge >= 0.3 is 0 Å². The van der Waals surface area contributed by atoms with E-state index >= 15 is 0 Å². The maximum Gasteiger partial charge on any atom is 0.240 e. The van der Waals surface area contributed by atoms with Crippen LogP contribution < -0.4 is 22.5 Å². The molecule has 0 aliphatic carbocycles. The average Bonchev–Trinajstić information content (AvgIpc) is 2.97. The molecule has 1 aliphatic rings. The number of nitrogens with zero attached hydrogens (tertiary/aromatic N) is 2. The first kappa shape index (κ1) is 36.3. The van der Waals surface area contributed by atoms with E-state index in [1.165, 1.54) is 5.56 Å². The van der Waals surface area contributed by atoms with Gasteiger partial charge in [-0.15, -0.1) is 0 Å². The van der Waals surface area contributed by atoms with Gasteiger partial charge in [0, 0.05) is 48.3 Å². The van der Waals surface area contributed by atoms with Crippen LogP contribution in [0.4, 0.5) is 0 Å². The van der Waals surface area contributed by atoms with Crippen molar-refractivity contribution in [1.29, 1.82) is 0 Å². The summed E-state index contributed by atoms with van der Waals surface area (Å²) in [5.74, 6) is 0.139. The fraction of sp³-hybridized carbons (Fsp3) is 0.588. The SMILES string of the molecule is Cc1ccc(C[C@H](N)C(=O)N2C[C@@H](CC(C)C)N(C(=O)[C@H](N)Cc3ccc(Cl)cc3Cl)C[C@@H]2CCCCNCCN)c(C)c1. The van der Waals surface area contributed by atoms with Crippen LogP contribution in [-0.2, 0) is 22.4 Å². The number of rotatable bonds is 15. The Labute approximate surface area is 274 Å². The zero-order valence-electron chi connectivity index (χ0n) is 26.8. The first-order chi connectivity index (χ1) is 20.9. The number of aryl methyl sites for hydroxylation is 2. The molecule has 1 fully saturated rings. The third-order valence-corrected chi connectivity index (χ3v) is 9.08. The van der Waals surface area contributed by atoms with E-state index in [9.17, 15) is 9.59 Å². The van der Waals surface area contributed by atoms with Gasteiger partial charge in [0.25, 0.3) is 0 Å². The molecule has 1 saturated heterocycles. The highest BCUT2D eigenvalue weighted by molar-refractivity contribution is 6.35. The molecule has 244 valence electrons. The van der Waals surface area contributed by atoms with Gasteiger partial charge in [-0.25, -0.2) is 0 Å². The van der Waals surface area contributed by atoms with Crippen LogP contribution in [0.3, 0.4) is 0 Å². The zero-order chi connectivity index (χ0) is 32.4. The molecular weight excluding hydrogens is 595 g/mol. The highest BCUT2D eigenvalue weighted by Gasteiger charge is 2.41. The molecule has 44 heavy (non-hydrogen) atoms. The largest absolute Gasteiger partial charge is 0.335 e. The van der Waals surface area contributed by atoms with Crippen molar-refractivity contribution in [1.82, 2.24) is 15.1 Å². The Kier molecular flexibility index (Phi) is 14.4. The topological polar surface area (TPSA) is 131 Å². The summed E-state index contributed by atoms with van der Waals surface area (Å²) < 4.78 is 0. The highest BCUT2D eigenvalue weighted by Crippen LogP contribution is 2.27. The van der Waals surface area contributed by atoms with Gasteiger partial charge in [0.1, 0.15) is 0 Å². The first-order valence-electron chi connectivity index (χ1n) is 15.9. The molecule has 0 radical (unpaired) electrons.